The number of nitrogens with zero attached hydrogens (tertiary/aromatic N) is 2. The summed E-state index contributed by atoms with van der Waals surface area (Å²) in [5.74, 6) is 1.17. The van der Waals surface area contributed by atoms with Gasteiger partial charge in [0.15, 0.2) is 0 Å². The van der Waals surface area contributed by atoms with Crippen LogP contribution in [-0.2, 0) is 0 Å². The third kappa shape index (κ3) is 1.25. The van der Waals surface area contributed by atoms with E-state index in [9.17, 15) is 5.11 Å². The van der Waals surface area contributed by atoms with Crippen molar-refractivity contribution < 1.29 is 9.52 Å². The van der Waals surface area contributed by atoms with E-state index in [0.717, 1.165) is 10.9 Å². The van der Waals surface area contributed by atoms with Gasteiger partial charge in [-0.2, -0.15) is 0 Å². The maximum absolute atomic E-state index is 9.65. The minimum absolute atomic E-state index is 0.233. The first kappa shape index (κ1) is 8.96. The summed E-state index contributed by atoms with van der Waals surface area (Å²) in [4.78, 5) is 3.11. The van der Waals surface area contributed by atoms with E-state index in [2.05, 4.69) is 15.2 Å². The normalized spacial score (nSPS) is 11.1. The van der Waals surface area contributed by atoms with Crippen LogP contribution in [0.5, 0.6) is 5.75 Å². The number of hydrogen-bond acceptors (Lipinski definition) is 4. The number of aryl methyl sites for hydroxylation is 1. The second-order valence-corrected chi connectivity index (χ2v) is 3.55. The SMILES string of the molecule is Cc1nnc(-c2cc3c(O)cccc3[nH]2)o1. The number of rotatable bonds is 1. The van der Waals surface area contributed by atoms with Crippen LogP contribution >= 0.6 is 0 Å². The summed E-state index contributed by atoms with van der Waals surface area (Å²) in [5.41, 5.74) is 1.54. The van der Waals surface area contributed by atoms with Crippen molar-refractivity contribution in [3.05, 3.63) is 30.2 Å². The molecular weight excluding hydrogens is 206 g/mol. The number of nitrogens with one attached hydrogen (secondary N) is 1. The van der Waals surface area contributed by atoms with E-state index in [-0.39, 0.29) is 5.75 Å². The summed E-state index contributed by atoms with van der Waals surface area (Å²) in [6.45, 7) is 1.73. The molecule has 0 spiro atoms. The Labute approximate surface area is 90.7 Å². The number of benzene rings is 1. The van der Waals surface area contributed by atoms with Crippen molar-refractivity contribution in [2.75, 3.05) is 0 Å². The first-order valence-electron chi connectivity index (χ1n) is 4.85. The van der Waals surface area contributed by atoms with E-state index in [4.69, 9.17) is 4.42 Å². The summed E-state index contributed by atoms with van der Waals surface area (Å²) in [6.07, 6.45) is 0. The van der Waals surface area contributed by atoms with Crippen molar-refractivity contribution in [2.24, 2.45) is 0 Å². The highest BCUT2D eigenvalue weighted by atomic mass is 16.4. The van der Waals surface area contributed by atoms with Crippen LogP contribution in [0.3, 0.4) is 0 Å². The van der Waals surface area contributed by atoms with Gasteiger partial charge in [0.05, 0.1) is 0 Å². The lowest BCUT2D eigenvalue weighted by Gasteiger charge is -1.91. The molecule has 0 atom stereocenters. The molecule has 0 radical (unpaired) electrons. The van der Waals surface area contributed by atoms with Crippen LogP contribution in [0.1, 0.15) is 5.89 Å². The quantitative estimate of drug-likeness (QED) is 0.652. The average molecular weight is 215 g/mol. The molecule has 0 aliphatic carbocycles. The Bertz CT molecular complexity index is 654. The Balaban J connectivity index is 2.22. The Morgan fingerprint density at radius 2 is 2.19 bits per heavy atom. The molecule has 5 heteroatoms. The van der Waals surface area contributed by atoms with Gasteiger partial charge in [0.2, 0.25) is 5.89 Å². The average Bonchev–Trinajstić information content (AvgIpc) is 2.84. The minimum Gasteiger partial charge on any atom is -0.507 e. The van der Waals surface area contributed by atoms with Gasteiger partial charge in [-0.1, -0.05) is 6.07 Å². The lowest BCUT2D eigenvalue weighted by Crippen LogP contribution is -1.75. The summed E-state index contributed by atoms with van der Waals surface area (Å²) < 4.78 is 5.30. The molecule has 80 valence electrons. The molecule has 0 amide bonds. The highest BCUT2D eigenvalue weighted by Gasteiger charge is 2.10. The van der Waals surface area contributed by atoms with E-state index in [1.165, 1.54) is 0 Å². The van der Waals surface area contributed by atoms with Crippen molar-refractivity contribution in [3.8, 4) is 17.3 Å². The van der Waals surface area contributed by atoms with Crippen LogP contribution < -0.4 is 0 Å². The van der Waals surface area contributed by atoms with Crippen molar-refractivity contribution in [3.63, 3.8) is 0 Å². The number of phenols is 1. The number of aromatic hydroxyl groups is 1. The fourth-order valence-electron chi connectivity index (χ4n) is 1.66. The van der Waals surface area contributed by atoms with E-state index < -0.39 is 0 Å². The highest BCUT2D eigenvalue weighted by molar-refractivity contribution is 5.89. The van der Waals surface area contributed by atoms with E-state index in [1.54, 1.807) is 25.1 Å². The van der Waals surface area contributed by atoms with Gasteiger partial charge in [-0.15, -0.1) is 10.2 Å². The molecule has 0 saturated carbocycles. The molecular formula is C11H9N3O2. The fraction of sp³-hybridized carbons (Fsp3) is 0.0909. The molecule has 0 unspecified atom stereocenters. The number of H-pyrrole nitrogens is 1. The zero-order valence-corrected chi connectivity index (χ0v) is 8.56. The molecule has 1 aromatic carbocycles. The summed E-state index contributed by atoms with van der Waals surface area (Å²) >= 11 is 0. The molecule has 2 heterocycles. The minimum atomic E-state index is 0.233. The van der Waals surface area contributed by atoms with Crippen molar-refractivity contribution in [1.82, 2.24) is 15.2 Å². The molecule has 3 rings (SSSR count). The molecule has 0 fully saturated rings. The number of hydrogen-bond donors (Lipinski definition) is 2. The molecule has 0 bridgehead atoms. The molecule has 3 aromatic rings. The number of aromatic amines is 1. The first-order chi connectivity index (χ1) is 7.74. The van der Waals surface area contributed by atoms with Gasteiger partial charge in [-0.25, -0.2) is 0 Å². The van der Waals surface area contributed by atoms with E-state index in [1.807, 2.05) is 6.07 Å². The third-order valence-corrected chi connectivity index (χ3v) is 2.40. The predicted molar refractivity (Wildman–Crippen MR) is 58.0 cm³/mol. The molecule has 2 aromatic heterocycles. The van der Waals surface area contributed by atoms with Crippen LogP contribution in [0.4, 0.5) is 0 Å². The van der Waals surface area contributed by atoms with Crippen LogP contribution in [-0.4, -0.2) is 20.3 Å². The lowest BCUT2D eigenvalue weighted by molar-refractivity contribution is 0.482. The maximum Gasteiger partial charge on any atom is 0.264 e. The second-order valence-electron chi connectivity index (χ2n) is 3.55. The zero-order chi connectivity index (χ0) is 11.1. The van der Waals surface area contributed by atoms with Crippen LogP contribution in [0.15, 0.2) is 28.7 Å². The number of aromatic nitrogens is 3. The second kappa shape index (κ2) is 3.10. The van der Waals surface area contributed by atoms with Gasteiger partial charge < -0.3 is 14.5 Å². The molecule has 0 aliphatic heterocycles. The van der Waals surface area contributed by atoms with Gasteiger partial charge in [0, 0.05) is 17.8 Å². The smallest absolute Gasteiger partial charge is 0.264 e. The Morgan fingerprint density at radius 3 is 2.88 bits per heavy atom. The predicted octanol–water partition coefficient (Wildman–Crippen LogP) is 2.23. The molecule has 0 saturated heterocycles. The standard InChI is InChI=1S/C11H9N3O2/c1-6-13-14-11(16-6)9-5-7-8(12-9)3-2-4-10(7)15/h2-5,12,15H,1H3. The zero-order valence-electron chi connectivity index (χ0n) is 8.56. The first-order valence-corrected chi connectivity index (χ1v) is 4.85. The van der Waals surface area contributed by atoms with Gasteiger partial charge in [0.1, 0.15) is 11.4 Å². The van der Waals surface area contributed by atoms with Crippen molar-refractivity contribution >= 4 is 10.9 Å². The largest absolute Gasteiger partial charge is 0.507 e. The van der Waals surface area contributed by atoms with Gasteiger partial charge in [0.25, 0.3) is 5.89 Å². The van der Waals surface area contributed by atoms with Crippen molar-refractivity contribution in [2.45, 2.75) is 6.92 Å². The summed E-state index contributed by atoms with van der Waals surface area (Å²) in [6, 6.07) is 7.08. The van der Waals surface area contributed by atoms with Gasteiger partial charge >= 0.3 is 0 Å². The highest BCUT2D eigenvalue weighted by Crippen LogP contribution is 2.28. The van der Waals surface area contributed by atoms with Gasteiger partial charge in [-0.3, -0.25) is 0 Å². The molecule has 2 N–H and O–H groups in total. The lowest BCUT2D eigenvalue weighted by atomic mass is 10.2. The monoisotopic (exact) mass is 215 g/mol. The van der Waals surface area contributed by atoms with Crippen LogP contribution in [0.2, 0.25) is 0 Å². The maximum atomic E-state index is 9.65. The van der Waals surface area contributed by atoms with E-state index in [0.29, 0.717) is 17.5 Å². The number of fused-ring (bicyclic) bond motifs is 1. The Morgan fingerprint density at radius 1 is 1.31 bits per heavy atom. The van der Waals surface area contributed by atoms with Crippen LogP contribution in [0.25, 0.3) is 22.5 Å². The molecule has 16 heavy (non-hydrogen) atoms. The van der Waals surface area contributed by atoms with E-state index >= 15 is 0 Å². The Kier molecular flexibility index (Phi) is 1.73. The topological polar surface area (TPSA) is 74.9 Å². The number of phenolic OH excluding ortho intramolecular Hbond substituents is 1. The van der Waals surface area contributed by atoms with Crippen molar-refractivity contribution in [1.29, 1.82) is 0 Å². The summed E-state index contributed by atoms with van der Waals surface area (Å²) in [7, 11) is 0. The van der Waals surface area contributed by atoms with Gasteiger partial charge in [-0.05, 0) is 18.2 Å². The molecule has 0 aliphatic rings. The fourth-order valence-corrected chi connectivity index (χ4v) is 1.66. The summed E-state index contributed by atoms with van der Waals surface area (Å²) in [5, 5.41) is 18.1. The third-order valence-electron chi connectivity index (χ3n) is 2.40. The molecule has 5 nitrogen and oxygen atoms in total. The van der Waals surface area contributed by atoms with Crippen LogP contribution in [0, 0.1) is 6.92 Å². The Hall–Kier alpha value is -2.30.